The second-order valence-corrected chi connectivity index (χ2v) is 8.40. The molecule has 0 fully saturated rings. The standard InChI is InChI=1S/C10H12Cl2N2O5S/c1-9(2)5-8(14-19-9)20(15,16)10(11,12)6-4-7(17-3)13-18-6/h4-5,14H,1-3H3. The van der Waals surface area contributed by atoms with Crippen LogP contribution in [0, 0.1) is 0 Å². The molecule has 0 atom stereocenters. The lowest BCUT2D eigenvalue weighted by molar-refractivity contribution is -0.0130. The van der Waals surface area contributed by atoms with Crippen molar-refractivity contribution in [3.8, 4) is 5.88 Å². The molecule has 0 bridgehead atoms. The van der Waals surface area contributed by atoms with Crippen LogP contribution in [0.4, 0.5) is 0 Å². The van der Waals surface area contributed by atoms with Gasteiger partial charge in [-0.05, 0) is 25.1 Å². The molecule has 0 amide bonds. The Morgan fingerprint density at radius 1 is 1.45 bits per heavy atom. The summed E-state index contributed by atoms with van der Waals surface area (Å²) in [7, 11) is -2.85. The second kappa shape index (κ2) is 4.80. The van der Waals surface area contributed by atoms with Gasteiger partial charge in [0.2, 0.25) is 9.84 Å². The van der Waals surface area contributed by atoms with Crippen molar-refractivity contribution in [2.75, 3.05) is 7.11 Å². The van der Waals surface area contributed by atoms with Crippen molar-refractivity contribution >= 4 is 33.0 Å². The maximum absolute atomic E-state index is 12.4. The highest BCUT2D eigenvalue weighted by Gasteiger charge is 2.50. The topological polar surface area (TPSA) is 90.7 Å². The maximum Gasteiger partial charge on any atom is 0.284 e. The van der Waals surface area contributed by atoms with E-state index in [1.165, 1.54) is 19.3 Å². The number of methoxy groups -OCH3 is 1. The second-order valence-electron chi connectivity index (χ2n) is 4.57. The van der Waals surface area contributed by atoms with Crippen LogP contribution >= 0.6 is 23.2 Å². The highest BCUT2D eigenvalue weighted by Crippen LogP contribution is 2.44. The third kappa shape index (κ3) is 2.48. The van der Waals surface area contributed by atoms with E-state index in [0.29, 0.717) is 0 Å². The first kappa shape index (κ1) is 15.4. The summed E-state index contributed by atoms with van der Waals surface area (Å²) in [5, 5.41) is 3.22. The van der Waals surface area contributed by atoms with Crippen LogP contribution in [-0.4, -0.2) is 26.3 Å². The van der Waals surface area contributed by atoms with Crippen LogP contribution in [0.25, 0.3) is 0 Å². The van der Waals surface area contributed by atoms with Crippen molar-refractivity contribution in [3.05, 3.63) is 22.9 Å². The Balaban J connectivity index is 2.42. The third-order valence-electron chi connectivity index (χ3n) is 2.50. The van der Waals surface area contributed by atoms with E-state index < -0.39 is 19.1 Å². The van der Waals surface area contributed by atoms with Crippen molar-refractivity contribution in [2.45, 2.75) is 23.1 Å². The molecule has 0 aromatic carbocycles. The molecule has 0 aliphatic carbocycles. The fourth-order valence-corrected chi connectivity index (χ4v) is 3.36. The van der Waals surface area contributed by atoms with Gasteiger partial charge in [-0.25, -0.2) is 8.42 Å². The van der Waals surface area contributed by atoms with Gasteiger partial charge < -0.3 is 9.26 Å². The molecule has 0 spiro atoms. The lowest BCUT2D eigenvalue weighted by Crippen LogP contribution is -2.29. The average molecular weight is 343 g/mol. The van der Waals surface area contributed by atoms with Crippen molar-refractivity contribution in [1.82, 2.24) is 10.6 Å². The SMILES string of the molecule is COc1cc(C(Cl)(Cl)S(=O)(=O)C2=CC(C)(C)ON2)on1. The summed E-state index contributed by atoms with van der Waals surface area (Å²) in [5.74, 6) is -0.212. The predicted octanol–water partition coefficient (Wildman–Crippen LogP) is 1.84. The van der Waals surface area contributed by atoms with Gasteiger partial charge in [0.1, 0.15) is 5.60 Å². The van der Waals surface area contributed by atoms with Crippen molar-refractivity contribution in [3.63, 3.8) is 0 Å². The minimum absolute atomic E-state index is 0.0609. The number of sulfone groups is 1. The summed E-state index contributed by atoms with van der Waals surface area (Å²) in [6.45, 7) is 3.34. The number of halogens is 2. The maximum atomic E-state index is 12.4. The molecule has 1 aromatic heterocycles. The number of nitrogens with one attached hydrogen (secondary N) is 1. The van der Waals surface area contributed by atoms with E-state index in [4.69, 9.17) is 37.3 Å². The Bertz CT molecular complexity index is 650. The van der Waals surface area contributed by atoms with E-state index in [2.05, 4.69) is 10.6 Å². The highest BCUT2D eigenvalue weighted by molar-refractivity contribution is 7.98. The van der Waals surface area contributed by atoms with Crippen LogP contribution < -0.4 is 10.2 Å². The van der Waals surface area contributed by atoms with Crippen LogP contribution in [0.5, 0.6) is 5.88 Å². The minimum Gasteiger partial charge on any atom is -0.479 e. The first-order chi connectivity index (χ1) is 9.10. The van der Waals surface area contributed by atoms with Gasteiger partial charge in [0.05, 0.1) is 7.11 Å². The fraction of sp³-hybridized carbons (Fsp3) is 0.500. The van der Waals surface area contributed by atoms with E-state index in [9.17, 15) is 8.42 Å². The quantitative estimate of drug-likeness (QED) is 0.834. The Morgan fingerprint density at radius 2 is 2.10 bits per heavy atom. The van der Waals surface area contributed by atoms with Gasteiger partial charge in [-0.3, -0.25) is 10.3 Å². The molecular formula is C10H12Cl2N2O5S. The van der Waals surface area contributed by atoms with E-state index in [-0.39, 0.29) is 16.7 Å². The molecule has 0 unspecified atom stereocenters. The minimum atomic E-state index is -4.19. The third-order valence-corrected chi connectivity index (χ3v) is 5.75. The molecule has 1 aromatic rings. The van der Waals surface area contributed by atoms with E-state index in [0.717, 1.165) is 0 Å². The molecule has 10 heteroatoms. The monoisotopic (exact) mass is 342 g/mol. The van der Waals surface area contributed by atoms with E-state index >= 15 is 0 Å². The van der Waals surface area contributed by atoms with E-state index in [1.807, 2.05) is 0 Å². The zero-order chi connectivity index (χ0) is 15.2. The zero-order valence-electron chi connectivity index (χ0n) is 10.8. The zero-order valence-corrected chi connectivity index (χ0v) is 13.1. The first-order valence-corrected chi connectivity index (χ1v) is 7.64. The Kier molecular flexibility index (Phi) is 3.70. The average Bonchev–Trinajstić information content (AvgIpc) is 2.95. The number of ether oxygens (including phenoxy) is 1. The number of hydrogen-bond donors (Lipinski definition) is 1. The molecule has 1 aliphatic heterocycles. The molecule has 1 aliphatic rings. The lowest BCUT2D eigenvalue weighted by Gasteiger charge is -2.17. The predicted molar refractivity (Wildman–Crippen MR) is 71.7 cm³/mol. The number of nitrogens with zero attached hydrogens (tertiary/aromatic N) is 1. The van der Waals surface area contributed by atoms with Crippen molar-refractivity contribution < 1.29 is 22.5 Å². The van der Waals surface area contributed by atoms with E-state index in [1.54, 1.807) is 13.8 Å². The van der Waals surface area contributed by atoms with Gasteiger partial charge >= 0.3 is 0 Å². The normalized spacial score (nSPS) is 18.6. The Labute approximate surface area is 125 Å². The molecule has 0 saturated heterocycles. The molecule has 20 heavy (non-hydrogen) atoms. The van der Waals surface area contributed by atoms with Gasteiger partial charge in [-0.1, -0.05) is 23.2 Å². The summed E-state index contributed by atoms with van der Waals surface area (Å²) in [6, 6.07) is 1.19. The van der Waals surface area contributed by atoms with Crippen molar-refractivity contribution in [1.29, 1.82) is 0 Å². The first-order valence-electron chi connectivity index (χ1n) is 5.41. The summed E-state index contributed by atoms with van der Waals surface area (Å²) < 4.78 is 32.1. The Morgan fingerprint density at radius 3 is 2.55 bits per heavy atom. The summed E-state index contributed by atoms with van der Waals surface area (Å²) in [4.78, 5) is 5.09. The number of hydroxylamine groups is 1. The molecule has 2 heterocycles. The van der Waals surface area contributed by atoms with Crippen molar-refractivity contribution in [2.24, 2.45) is 0 Å². The molecule has 7 nitrogen and oxygen atoms in total. The van der Waals surface area contributed by atoms with Crippen LogP contribution in [0.3, 0.4) is 0 Å². The number of rotatable bonds is 4. The molecule has 0 saturated carbocycles. The van der Waals surface area contributed by atoms with Crippen LogP contribution in [-0.2, 0) is 18.3 Å². The summed E-state index contributed by atoms with van der Waals surface area (Å²) in [5.41, 5.74) is 1.49. The smallest absolute Gasteiger partial charge is 0.284 e. The number of hydrogen-bond acceptors (Lipinski definition) is 7. The highest BCUT2D eigenvalue weighted by atomic mass is 35.5. The molecule has 1 N–H and O–H groups in total. The Hall–Kier alpha value is -0.960. The van der Waals surface area contributed by atoms with Gasteiger partial charge in [-0.15, -0.1) is 0 Å². The molecular weight excluding hydrogens is 331 g/mol. The molecule has 112 valence electrons. The van der Waals surface area contributed by atoms with Gasteiger partial charge in [-0.2, -0.15) is 0 Å². The fourth-order valence-electron chi connectivity index (χ4n) is 1.45. The molecule has 2 rings (SSSR count). The number of aromatic nitrogens is 1. The number of alkyl halides is 2. The lowest BCUT2D eigenvalue weighted by atomic mass is 10.1. The van der Waals surface area contributed by atoms with Crippen LogP contribution in [0.2, 0.25) is 0 Å². The largest absolute Gasteiger partial charge is 0.479 e. The van der Waals surface area contributed by atoms with Crippen LogP contribution in [0.1, 0.15) is 19.6 Å². The molecule has 0 radical (unpaired) electrons. The summed E-state index contributed by atoms with van der Waals surface area (Å²) in [6.07, 6.45) is 1.36. The van der Waals surface area contributed by atoms with Crippen LogP contribution in [0.15, 0.2) is 21.7 Å². The summed E-state index contributed by atoms with van der Waals surface area (Å²) >= 11 is 11.9. The van der Waals surface area contributed by atoms with Gasteiger partial charge in [0, 0.05) is 6.07 Å². The van der Waals surface area contributed by atoms with Gasteiger partial charge in [0.25, 0.3) is 9.55 Å². The van der Waals surface area contributed by atoms with Gasteiger partial charge in [0.15, 0.2) is 10.8 Å².